The number of aromatic nitrogens is 6. The first-order valence-corrected chi connectivity index (χ1v) is 12.8. The Morgan fingerprint density at radius 3 is 2.62 bits per heavy atom. The highest BCUT2D eigenvalue weighted by Crippen LogP contribution is 2.42. The quantitative estimate of drug-likeness (QED) is 0.300. The fraction of sp³-hybridized carbons (Fsp3) is 0.333. The van der Waals surface area contributed by atoms with Crippen LogP contribution in [0, 0.1) is 5.82 Å². The number of alkyl halides is 3. The Kier molecular flexibility index (Phi) is 7.96. The summed E-state index contributed by atoms with van der Waals surface area (Å²) in [4.78, 5) is 0. The Hall–Kier alpha value is -2.95. The molecule has 5 rings (SSSR count). The number of methoxy groups -OCH3 is 1. The summed E-state index contributed by atoms with van der Waals surface area (Å²) in [6.07, 6.45) is -7.17. The largest absolute Gasteiger partial charge is 0.418 e. The van der Waals surface area contributed by atoms with Crippen LogP contribution in [0.25, 0.3) is 16.9 Å². The summed E-state index contributed by atoms with van der Waals surface area (Å²) >= 11 is 9.12. The third-order valence-corrected chi connectivity index (χ3v) is 7.40. The van der Waals surface area contributed by atoms with Crippen LogP contribution in [-0.2, 0) is 15.7 Å². The molecule has 0 unspecified atom stereocenters. The molecule has 5 atom stereocenters. The third kappa shape index (κ3) is 5.24. The first-order valence-electron chi connectivity index (χ1n) is 11.6. The van der Waals surface area contributed by atoms with Gasteiger partial charge in [0.05, 0.1) is 28.5 Å². The molecule has 0 saturated carbocycles. The molecule has 16 heteroatoms. The third-order valence-electron chi connectivity index (χ3n) is 6.52. The van der Waals surface area contributed by atoms with E-state index in [0.717, 1.165) is 29.1 Å². The molecule has 2 aromatic carbocycles. The molecule has 1 aliphatic rings. The topological polar surface area (TPSA) is 120 Å². The second-order valence-corrected chi connectivity index (χ2v) is 10.2. The van der Waals surface area contributed by atoms with Crippen molar-refractivity contribution < 1.29 is 37.2 Å². The van der Waals surface area contributed by atoms with E-state index in [9.17, 15) is 27.8 Å². The molecular weight excluding hydrogens is 628 g/mol. The van der Waals surface area contributed by atoms with Crippen LogP contribution >= 0.6 is 27.5 Å². The Bertz CT molecular complexity index is 1520. The summed E-state index contributed by atoms with van der Waals surface area (Å²) in [5, 5.41) is 37.1. The molecule has 4 aromatic rings. The average Bonchev–Trinajstić information content (AvgIpc) is 3.59. The number of hydrogen-bond acceptors (Lipinski definition) is 8. The zero-order chi connectivity index (χ0) is 28.8. The van der Waals surface area contributed by atoms with Crippen molar-refractivity contribution in [3.8, 4) is 16.9 Å². The van der Waals surface area contributed by atoms with Crippen LogP contribution < -0.4 is 0 Å². The van der Waals surface area contributed by atoms with Crippen molar-refractivity contribution in [3.63, 3.8) is 0 Å². The van der Waals surface area contributed by atoms with Crippen molar-refractivity contribution in [1.82, 2.24) is 29.8 Å². The van der Waals surface area contributed by atoms with Gasteiger partial charge >= 0.3 is 6.18 Å². The number of halogens is 6. The number of ether oxygens (including phenoxy) is 2. The number of benzene rings is 2. The summed E-state index contributed by atoms with van der Waals surface area (Å²) in [6, 6.07) is 6.36. The zero-order valence-electron chi connectivity index (χ0n) is 20.4. The minimum absolute atomic E-state index is 0.0385. The molecule has 40 heavy (non-hydrogen) atoms. The molecule has 0 spiro atoms. The van der Waals surface area contributed by atoms with Crippen LogP contribution in [0.1, 0.15) is 23.5 Å². The standard InChI is InChI=1S/C24H20BrClF4N6O4/c1-39-21-19(36-8-16(32-34-36)11-2-5-14(25)15(27)6-11)20(38)18(9-37)40-22(21)23-33-31-10-35(23)17-7-12(26)3-4-13(17)24(28,29)30/h2-8,10,18-22,37-38H,9H2,1H3/t18-,19+,20+,21-,22-/m1/s1. The van der Waals surface area contributed by atoms with Crippen molar-refractivity contribution in [1.29, 1.82) is 0 Å². The van der Waals surface area contributed by atoms with Crippen molar-refractivity contribution in [3.05, 3.63) is 75.6 Å². The van der Waals surface area contributed by atoms with Gasteiger partial charge in [0.1, 0.15) is 48.3 Å². The van der Waals surface area contributed by atoms with Crippen LogP contribution in [-0.4, -0.2) is 72.0 Å². The lowest BCUT2D eigenvalue weighted by Gasteiger charge is -2.43. The van der Waals surface area contributed by atoms with Crippen LogP contribution in [0.5, 0.6) is 0 Å². The smallest absolute Gasteiger partial charge is 0.394 e. The number of aliphatic hydroxyl groups is 2. The van der Waals surface area contributed by atoms with E-state index in [1.54, 1.807) is 6.07 Å². The van der Waals surface area contributed by atoms with Crippen molar-refractivity contribution in [2.24, 2.45) is 0 Å². The van der Waals surface area contributed by atoms with Gasteiger partial charge in [0.2, 0.25) is 0 Å². The summed E-state index contributed by atoms with van der Waals surface area (Å²) in [5.74, 6) is -0.628. The van der Waals surface area contributed by atoms with E-state index in [1.165, 1.54) is 30.1 Å². The maximum Gasteiger partial charge on any atom is 0.418 e. The van der Waals surface area contributed by atoms with Crippen LogP contribution in [0.3, 0.4) is 0 Å². The number of nitrogens with zero attached hydrogens (tertiary/aromatic N) is 6. The van der Waals surface area contributed by atoms with Crippen LogP contribution in [0.15, 0.2) is 53.4 Å². The molecule has 10 nitrogen and oxygen atoms in total. The average molecular weight is 648 g/mol. The van der Waals surface area contributed by atoms with E-state index >= 15 is 0 Å². The highest BCUT2D eigenvalue weighted by Gasteiger charge is 2.49. The molecule has 2 N–H and O–H groups in total. The monoisotopic (exact) mass is 646 g/mol. The summed E-state index contributed by atoms with van der Waals surface area (Å²) in [5.41, 5.74) is -0.685. The number of rotatable bonds is 6. The van der Waals surface area contributed by atoms with E-state index < -0.39 is 54.6 Å². The maximum absolute atomic E-state index is 14.1. The molecule has 0 radical (unpaired) electrons. The van der Waals surface area contributed by atoms with E-state index in [4.69, 9.17) is 21.1 Å². The SMILES string of the molecule is CO[C@@H]1[C@@H](n2cc(-c3ccc(Br)c(F)c3)nn2)[C@@H](O)[C@@H](CO)O[C@H]1c1nncn1-c1cc(Cl)ccc1C(F)(F)F. The second kappa shape index (κ2) is 11.1. The zero-order valence-corrected chi connectivity index (χ0v) is 22.7. The van der Waals surface area contributed by atoms with E-state index in [1.807, 2.05) is 0 Å². The van der Waals surface area contributed by atoms with Crippen molar-refractivity contribution in [2.45, 2.75) is 36.6 Å². The van der Waals surface area contributed by atoms with Crippen LogP contribution in [0.4, 0.5) is 17.6 Å². The van der Waals surface area contributed by atoms with Gasteiger partial charge in [-0.05, 0) is 46.3 Å². The lowest BCUT2D eigenvalue weighted by Crippen LogP contribution is -2.53. The van der Waals surface area contributed by atoms with Gasteiger partial charge in [0, 0.05) is 17.7 Å². The predicted molar refractivity (Wildman–Crippen MR) is 135 cm³/mol. The van der Waals surface area contributed by atoms with Gasteiger partial charge in [-0.2, -0.15) is 13.2 Å². The molecule has 1 fully saturated rings. The van der Waals surface area contributed by atoms with Gasteiger partial charge in [-0.1, -0.05) is 22.9 Å². The summed E-state index contributed by atoms with van der Waals surface area (Å²) < 4.78 is 69.9. The second-order valence-electron chi connectivity index (χ2n) is 8.89. The molecule has 1 aliphatic heterocycles. The van der Waals surface area contributed by atoms with E-state index in [0.29, 0.717) is 5.56 Å². The Balaban J connectivity index is 1.58. The van der Waals surface area contributed by atoms with Gasteiger partial charge in [-0.25, -0.2) is 9.07 Å². The fourth-order valence-electron chi connectivity index (χ4n) is 4.65. The summed E-state index contributed by atoms with van der Waals surface area (Å²) in [7, 11) is 1.31. The summed E-state index contributed by atoms with van der Waals surface area (Å²) in [6.45, 7) is -0.650. The lowest BCUT2D eigenvalue weighted by atomic mass is 9.91. The maximum atomic E-state index is 14.1. The van der Waals surface area contributed by atoms with Crippen molar-refractivity contribution in [2.75, 3.05) is 13.7 Å². The van der Waals surface area contributed by atoms with Gasteiger partial charge < -0.3 is 19.7 Å². The first-order chi connectivity index (χ1) is 19.0. The Labute approximate surface area is 237 Å². The van der Waals surface area contributed by atoms with Gasteiger partial charge in [-0.3, -0.25) is 4.57 Å². The highest BCUT2D eigenvalue weighted by molar-refractivity contribution is 9.10. The van der Waals surface area contributed by atoms with E-state index in [-0.39, 0.29) is 26.7 Å². The molecule has 0 bridgehead atoms. The predicted octanol–water partition coefficient (Wildman–Crippen LogP) is 4.15. The number of aliphatic hydroxyl groups excluding tert-OH is 2. The minimum Gasteiger partial charge on any atom is -0.394 e. The molecular formula is C24H20BrClF4N6O4. The molecule has 2 aromatic heterocycles. The lowest BCUT2D eigenvalue weighted by molar-refractivity contribution is -0.217. The van der Waals surface area contributed by atoms with Gasteiger partial charge in [0.25, 0.3) is 0 Å². The molecule has 0 aliphatic carbocycles. The van der Waals surface area contributed by atoms with Gasteiger partial charge in [0.15, 0.2) is 5.82 Å². The normalized spacial score (nSPS) is 23.5. The fourth-order valence-corrected chi connectivity index (χ4v) is 5.06. The van der Waals surface area contributed by atoms with Gasteiger partial charge in [-0.15, -0.1) is 15.3 Å². The Morgan fingerprint density at radius 2 is 1.95 bits per heavy atom. The first kappa shape index (κ1) is 28.6. The number of hydrogen-bond donors (Lipinski definition) is 2. The minimum atomic E-state index is -4.73. The molecule has 0 amide bonds. The van der Waals surface area contributed by atoms with Crippen molar-refractivity contribution >= 4 is 27.5 Å². The molecule has 212 valence electrons. The highest BCUT2D eigenvalue weighted by atomic mass is 79.9. The van der Waals surface area contributed by atoms with Crippen LogP contribution in [0.2, 0.25) is 5.02 Å². The Morgan fingerprint density at radius 1 is 1.18 bits per heavy atom. The molecule has 3 heterocycles. The molecule has 1 saturated heterocycles. The van der Waals surface area contributed by atoms with E-state index in [2.05, 4.69) is 36.4 Å².